The van der Waals surface area contributed by atoms with Crippen LogP contribution in [0, 0.1) is 0 Å². The largest absolute Gasteiger partial charge is 0.489 e. The molecule has 2 amide bonds. The van der Waals surface area contributed by atoms with Crippen LogP contribution >= 0.6 is 0 Å². The molecular formula is C26H28N2O4. The van der Waals surface area contributed by atoms with E-state index in [2.05, 4.69) is 10.6 Å². The van der Waals surface area contributed by atoms with E-state index in [0.29, 0.717) is 34.0 Å². The van der Waals surface area contributed by atoms with Crippen molar-refractivity contribution in [1.82, 2.24) is 0 Å². The predicted octanol–water partition coefficient (Wildman–Crippen LogP) is 5.77. The highest BCUT2D eigenvalue weighted by Crippen LogP contribution is 2.27. The predicted molar refractivity (Wildman–Crippen MR) is 127 cm³/mol. The molecule has 0 aromatic heterocycles. The first kappa shape index (κ1) is 22.9. The Morgan fingerprint density at radius 2 is 0.938 bits per heavy atom. The lowest BCUT2D eigenvalue weighted by molar-refractivity contribution is 0.101. The van der Waals surface area contributed by atoms with Crippen molar-refractivity contribution in [2.45, 2.75) is 39.9 Å². The van der Waals surface area contributed by atoms with Gasteiger partial charge in [-0.25, -0.2) is 0 Å². The number of carbonyl (C=O) groups excluding carboxylic acids is 2. The van der Waals surface area contributed by atoms with E-state index in [1.807, 2.05) is 64.1 Å². The number of hydrogen-bond acceptors (Lipinski definition) is 4. The van der Waals surface area contributed by atoms with Crippen LogP contribution in [0.1, 0.15) is 48.4 Å². The van der Waals surface area contributed by atoms with Crippen LogP contribution < -0.4 is 20.1 Å². The van der Waals surface area contributed by atoms with Crippen LogP contribution in [-0.4, -0.2) is 24.0 Å². The molecule has 0 spiro atoms. The fourth-order valence-electron chi connectivity index (χ4n) is 3.02. The molecule has 0 aliphatic rings. The Morgan fingerprint density at radius 3 is 1.28 bits per heavy atom. The zero-order chi connectivity index (χ0) is 23.1. The maximum absolute atomic E-state index is 12.7. The van der Waals surface area contributed by atoms with Gasteiger partial charge in [-0.15, -0.1) is 0 Å². The lowest BCUT2D eigenvalue weighted by atomic mass is 10.1. The minimum Gasteiger partial charge on any atom is -0.489 e. The van der Waals surface area contributed by atoms with Gasteiger partial charge in [-0.05, 0) is 76.2 Å². The summed E-state index contributed by atoms with van der Waals surface area (Å²) >= 11 is 0. The van der Waals surface area contributed by atoms with Gasteiger partial charge in [0.2, 0.25) is 0 Å². The average molecular weight is 433 g/mol. The van der Waals surface area contributed by atoms with Crippen LogP contribution in [0.4, 0.5) is 11.4 Å². The highest BCUT2D eigenvalue weighted by Gasteiger charge is 2.14. The summed E-state index contributed by atoms with van der Waals surface area (Å²) in [6, 6.07) is 21.0. The second-order valence-electron chi connectivity index (χ2n) is 7.81. The molecule has 0 unspecified atom stereocenters. The Labute approximate surface area is 188 Å². The monoisotopic (exact) mass is 432 g/mol. The summed E-state index contributed by atoms with van der Waals surface area (Å²) in [6.07, 6.45) is -0.0242. The zero-order valence-corrected chi connectivity index (χ0v) is 18.7. The molecule has 0 radical (unpaired) electrons. The van der Waals surface area contributed by atoms with E-state index in [0.717, 1.165) is 0 Å². The molecule has 6 nitrogen and oxygen atoms in total. The van der Waals surface area contributed by atoms with Crippen molar-refractivity contribution < 1.29 is 19.1 Å². The fourth-order valence-corrected chi connectivity index (χ4v) is 3.02. The number of benzene rings is 3. The number of carbonyl (C=O) groups is 2. The molecule has 0 saturated heterocycles. The van der Waals surface area contributed by atoms with Gasteiger partial charge in [-0.2, -0.15) is 0 Å². The molecule has 0 saturated carbocycles. The Morgan fingerprint density at radius 1 is 0.594 bits per heavy atom. The Balaban J connectivity index is 1.69. The molecule has 6 heteroatoms. The summed E-state index contributed by atoms with van der Waals surface area (Å²) in [4.78, 5) is 25.4. The van der Waals surface area contributed by atoms with E-state index in [1.54, 1.807) is 36.4 Å². The lowest BCUT2D eigenvalue weighted by Crippen LogP contribution is -2.16. The molecule has 2 N–H and O–H groups in total. The molecule has 0 fully saturated rings. The maximum Gasteiger partial charge on any atom is 0.255 e. The molecule has 0 heterocycles. The van der Waals surface area contributed by atoms with Crippen molar-refractivity contribution in [2.75, 3.05) is 10.6 Å². The Bertz CT molecular complexity index is 989. The highest BCUT2D eigenvalue weighted by molar-refractivity contribution is 6.07. The van der Waals surface area contributed by atoms with E-state index in [-0.39, 0.29) is 24.0 Å². The van der Waals surface area contributed by atoms with Gasteiger partial charge in [0.15, 0.2) is 0 Å². The molecule has 3 aromatic rings. The van der Waals surface area contributed by atoms with Gasteiger partial charge in [0, 0.05) is 11.1 Å². The van der Waals surface area contributed by atoms with E-state index >= 15 is 0 Å². The number of amides is 2. The SMILES string of the molecule is CC(C)Oc1ccccc1NC(=O)c1ccc(C(=O)Nc2ccccc2OC(C)C)cc1. The summed E-state index contributed by atoms with van der Waals surface area (Å²) in [6.45, 7) is 7.71. The number of ether oxygens (including phenoxy) is 2. The highest BCUT2D eigenvalue weighted by atomic mass is 16.5. The van der Waals surface area contributed by atoms with Crippen molar-refractivity contribution in [1.29, 1.82) is 0 Å². The Hall–Kier alpha value is -3.80. The van der Waals surface area contributed by atoms with Gasteiger partial charge in [0.25, 0.3) is 11.8 Å². The fraction of sp³-hybridized carbons (Fsp3) is 0.231. The van der Waals surface area contributed by atoms with Crippen LogP contribution in [0.15, 0.2) is 72.8 Å². The third-order valence-electron chi connectivity index (χ3n) is 4.41. The normalized spacial score (nSPS) is 10.7. The third kappa shape index (κ3) is 6.11. The van der Waals surface area contributed by atoms with Crippen LogP contribution in [0.5, 0.6) is 11.5 Å². The molecule has 166 valence electrons. The molecule has 32 heavy (non-hydrogen) atoms. The van der Waals surface area contributed by atoms with Crippen molar-refractivity contribution in [3.8, 4) is 11.5 Å². The molecule has 3 aromatic carbocycles. The van der Waals surface area contributed by atoms with E-state index in [9.17, 15) is 9.59 Å². The van der Waals surface area contributed by atoms with Gasteiger partial charge in [-0.1, -0.05) is 24.3 Å². The minimum atomic E-state index is -0.285. The number of hydrogen-bond donors (Lipinski definition) is 2. The number of para-hydroxylation sites is 4. The van der Waals surface area contributed by atoms with Gasteiger partial charge in [0.1, 0.15) is 11.5 Å². The summed E-state index contributed by atoms with van der Waals surface area (Å²) in [7, 11) is 0. The molecular weight excluding hydrogens is 404 g/mol. The van der Waals surface area contributed by atoms with Crippen LogP contribution in [0.25, 0.3) is 0 Å². The van der Waals surface area contributed by atoms with Gasteiger partial charge >= 0.3 is 0 Å². The smallest absolute Gasteiger partial charge is 0.255 e. The number of anilines is 2. The molecule has 0 atom stereocenters. The first-order valence-corrected chi connectivity index (χ1v) is 10.6. The summed E-state index contributed by atoms with van der Waals surface area (Å²) < 4.78 is 11.5. The zero-order valence-electron chi connectivity index (χ0n) is 18.7. The second-order valence-corrected chi connectivity index (χ2v) is 7.81. The second kappa shape index (κ2) is 10.5. The molecule has 0 bridgehead atoms. The van der Waals surface area contributed by atoms with Crippen molar-refractivity contribution in [3.63, 3.8) is 0 Å². The van der Waals surface area contributed by atoms with Crippen LogP contribution in [0.2, 0.25) is 0 Å². The first-order chi connectivity index (χ1) is 15.3. The van der Waals surface area contributed by atoms with Gasteiger partial charge in [0.05, 0.1) is 23.6 Å². The maximum atomic E-state index is 12.7. The van der Waals surface area contributed by atoms with E-state index in [1.165, 1.54) is 0 Å². The molecule has 0 aliphatic carbocycles. The van der Waals surface area contributed by atoms with E-state index in [4.69, 9.17) is 9.47 Å². The quantitative estimate of drug-likeness (QED) is 0.474. The lowest BCUT2D eigenvalue weighted by Gasteiger charge is -2.15. The average Bonchev–Trinajstić information content (AvgIpc) is 2.76. The van der Waals surface area contributed by atoms with E-state index < -0.39 is 0 Å². The summed E-state index contributed by atoms with van der Waals surface area (Å²) in [5.41, 5.74) is 2.05. The van der Waals surface area contributed by atoms with Gasteiger partial charge < -0.3 is 20.1 Å². The first-order valence-electron chi connectivity index (χ1n) is 10.6. The molecule has 3 rings (SSSR count). The van der Waals surface area contributed by atoms with Crippen LogP contribution in [-0.2, 0) is 0 Å². The standard InChI is InChI=1S/C26H28N2O4/c1-17(2)31-23-11-7-5-9-21(23)27-25(29)19-13-15-20(16-14-19)26(30)28-22-10-6-8-12-24(22)32-18(3)4/h5-18H,1-4H3,(H,27,29)(H,28,30). The number of nitrogens with one attached hydrogen (secondary N) is 2. The molecule has 0 aliphatic heterocycles. The van der Waals surface area contributed by atoms with Crippen molar-refractivity contribution >= 4 is 23.2 Å². The summed E-state index contributed by atoms with van der Waals surface area (Å²) in [5, 5.41) is 5.73. The topological polar surface area (TPSA) is 76.7 Å². The van der Waals surface area contributed by atoms with Gasteiger partial charge in [-0.3, -0.25) is 9.59 Å². The number of rotatable bonds is 8. The van der Waals surface area contributed by atoms with Crippen LogP contribution in [0.3, 0.4) is 0 Å². The van der Waals surface area contributed by atoms with Crippen molar-refractivity contribution in [3.05, 3.63) is 83.9 Å². The van der Waals surface area contributed by atoms with Crippen molar-refractivity contribution in [2.24, 2.45) is 0 Å². The Kier molecular flexibility index (Phi) is 7.49. The third-order valence-corrected chi connectivity index (χ3v) is 4.41. The minimum absolute atomic E-state index is 0.0121. The summed E-state index contributed by atoms with van der Waals surface area (Å²) in [5.74, 6) is 0.642.